The van der Waals surface area contributed by atoms with Crippen molar-refractivity contribution in [3.63, 3.8) is 0 Å². The third-order valence-corrected chi connectivity index (χ3v) is 4.31. The fourth-order valence-electron chi connectivity index (χ4n) is 2.99. The largest absolute Gasteiger partial charge is 0.492 e. The second-order valence-corrected chi connectivity index (χ2v) is 6.06. The summed E-state index contributed by atoms with van der Waals surface area (Å²) in [5, 5.41) is 15.2. The molecule has 0 bridgehead atoms. The van der Waals surface area contributed by atoms with Gasteiger partial charge in [-0.3, -0.25) is 9.59 Å². The Hall–Kier alpha value is -2.08. The summed E-state index contributed by atoms with van der Waals surface area (Å²) in [5.74, 6) is -0.793. The zero-order chi connectivity index (χ0) is 17.4. The van der Waals surface area contributed by atoms with Crippen LogP contribution in [-0.4, -0.2) is 36.2 Å². The number of rotatable bonds is 6. The number of aliphatic hydroxyl groups is 1. The van der Waals surface area contributed by atoms with Gasteiger partial charge in [0.05, 0.1) is 18.4 Å². The van der Waals surface area contributed by atoms with Gasteiger partial charge in [-0.15, -0.1) is 0 Å². The average molecular weight is 334 g/mol. The van der Waals surface area contributed by atoms with Gasteiger partial charge in [0.2, 0.25) is 0 Å². The highest BCUT2D eigenvalue weighted by atomic mass is 16.5. The van der Waals surface area contributed by atoms with E-state index >= 15 is 0 Å². The van der Waals surface area contributed by atoms with E-state index in [1.54, 1.807) is 24.3 Å². The number of carbonyl (C=O) groups excluding carboxylic acids is 2. The number of hydrogen-bond donors (Lipinski definition) is 3. The Morgan fingerprint density at radius 3 is 2.62 bits per heavy atom. The van der Waals surface area contributed by atoms with Crippen LogP contribution >= 0.6 is 0 Å². The summed E-state index contributed by atoms with van der Waals surface area (Å²) in [6, 6.07) is 6.95. The lowest BCUT2D eigenvalue weighted by Crippen LogP contribution is -2.42. The molecule has 0 aliphatic heterocycles. The highest BCUT2D eigenvalue weighted by Crippen LogP contribution is 2.26. The van der Waals surface area contributed by atoms with E-state index in [2.05, 4.69) is 10.6 Å². The van der Waals surface area contributed by atoms with Gasteiger partial charge in [0.15, 0.2) is 0 Å². The van der Waals surface area contributed by atoms with E-state index in [9.17, 15) is 14.7 Å². The van der Waals surface area contributed by atoms with Crippen LogP contribution in [0.3, 0.4) is 0 Å². The topological polar surface area (TPSA) is 87.7 Å². The Balaban J connectivity index is 1.83. The molecule has 1 aromatic rings. The van der Waals surface area contributed by atoms with Crippen molar-refractivity contribution in [2.24, 2.45) is 5.92 Å². The molecule has 0 radical (unpaired) electrons. The van der Waals surface area contributed by atoms with Crippen LogP contribution in [0.5, 0.6) is 5.75 Å². The smallest absolute Gasteiger partial charge is 0.313 e. The molecular formula is C18H26N2O4. The molecule has 132 valence electrons. The Kier molecular flexibility index (Phi) is 7.06. The predicted molar refractivity (Wildman–Crippen MR) is 91.8 cm³/mol. The van der Waals surface area contributed by atoms with Gasteiger partial charge in [-0.2, -0.15) is 0 Å². The standard InChI is InChI=1S/C18H26N2O4/c1-2-24-16-11-7-6-10-14(16)20-18(23)17(22)19-12-15(21)13-8-4-3-5-9-13/h6-7,10-11,13,15,21H,2-5,8-9,12H2,1H3,(H,19,22)(H,20,23). The number of hydrogen-bond acceptors (Lipinski definition) is 4. The van der Waals surface area contributed by atoms with Crippen molar-refractivity contribution in [2.75, 3.05) is 18.5 Å². The molecule has 3 N–H and O–H groups in total. The summed E-state index contributed by atoms with van der Waals surface area (Å²) >= 11 is 0. The molecular weight excluding hydrogens is 308 g/mol. The van der Waals surface area contributed by atoms with Crippen LogP contribution < -0.4 is 15.4 Å². The molecule has 2 amide bonds. The van der Waals surface area contributed by atoms with Gasteiger partial charge in [-0.25, -0.2) is 0 Å². The monoisotopic (exact) mass is 334 g/mol. The van der Waals surface area contributed by atoms with Gasteiger partial charge < -0.3 is 20.5 Å². The van der Waals surface area contributed by atoms with Gasteiger partial charge in [0.25, 0.3) is 0 Å². The molecule has 6 heteroatoms. The molecule has 1 atom stereocenters. The fourth-order valence-corrected chi connectivity index (χ4v) is 2.99. The molecule has 0 saturated heterocycles. The summed E-state index contributed by atoms with van der Waals surface area (Å²) < 4.78 is 5.41. The molecule has 1 aliphatic rings. The maximum atomic E-state index is 12.0. The number of carbonyl (C=O) groups is 2. The number of amides is 2. The normalized spacial score (nSPS) is 16.2. The number of para-hydroxylation sites is 2. The predicted octanol–water partition coefficient (Wildman–Crippen LogP) is 2.08. The second-order valence-electron chi connectivity index (χ2n) is 6.06. The first-order valence-corrected chi connectivity index (χ1v) is 8.61. The molecule has 0 aromatic heterocycles. The van der Waals surface area contributed by atoms with E-state index in [-0.39, 0.29) is 12.5 Å². The summed E-state index contributed by atoms with van der Waals surface area (Å²) in [7, 11) is 0. The van der Waals surface area contributed by atoms with Gasteiger partial charge in [-0.1, -0.05) is 31.4 Å². The van der Waals surface area contributed by atoms with Gasteiger partial charge in [-0.05, 0) is 37.8 Å². The van der Waals surface area contributed by atoms with E-state index in [1.165, 1.54) is 6.42 Å². The van der Waals surface area contributed by atoms with Gasteiger partial charge in [0, 0.05) is 6.54 Å². The summed E-state index contributed by atoms with van der Waals surface area (Å²) in [6.07, 6.45) is 4.79. The number of nitrogens with one attached hydrogen (secondary N) is 2. The van der Waals surface area contributed by atoms with Crippen molar-refractivity contribution in [3.8, 4) is 5.75 Å². The van der Waals surface area contributed by atoms with Crippen LogP contribution in [0.4, 0.5) is 5.69 Å². The minimum absolute atomic E-state index is 0.101. The first-order chi connectivity index (χ1) is 11.6. The van der Waals surface area contributed by atoms with Crippen LogP contribution in [-0.2, 0) is 9.59 Å². The summed E-state index contributed by atoms with van der Waals surface area (Å²) in [6.45, 7) is 2.41. The summed E-state index contributed by atoms with van der Waals surface area (Å²) in [4.78, 5) is 23.9. The van der Waals surface area contributed by atoms with Crippen molar-refractivity contribution < 1.29 is 19.4 Å². The van der Waals surface area contributed by atoms with Crippen LogP contribution in [0.15, 0.2) is 24.3 Å². The number of aliphatic hydroxyl groups excluding tert-OH is 1. The summed E-state index contributed by atoms with van der Waals surface area (Å²) in [5.41, 5.74) is 0.451. The van der Waals surface area contributed by atoms with Crippen molar-refractivity contribution in [3.05, 3.63) is 24.3 Å². The molecule has 0 heterocycles. The maximum absolute atomic E-state index is 12.0. The fraction of sp³-hybridized carbons (Fsp3) is 0.556. The minimum Gasteiger partial charge on any atom is -0.492 e. The van der Waals surface area contributed by atoms with E-state index in [1.807, 2.05) is 6.92 Å². The van der Waals surface area contributed by atoms with Crippen molar-refractivity contribution >= 4 is 17.5 Å². The van der Waals surface area contributed by atoms with E-state index < -0.39 is 17.9 Å². The first kappa shape index (κ1) is 18.3. The molecule has 1 saturated carbocycles. The number of ether oxygens (including phenoxy) is 1. The van der Waals surface area contributed by atoms with E-state index in [0.717, 1.165) is 25.7 Å². The zero-order valence-corrected chi connectivity index (χ0v) is 14.1. The van der Waals surface area contributed by atoms with Gasteiger partial charge in [0.1, 0.15) is 5.75 Å². The Bertz CT molecular complexity index is 556. The molecule has 6 nitrogen and oxygen atoms in total. The molecule has 2 rings (SSSR count). The first-order valence-electron chi connectivity index (χ1n) is 8.61. The van der Waals surface area contributed by atoms with E-state index in [4.69, 9.17) is 4.74 Å². The lowest BCUT2D eigenvalue weighted by atomic mass is 9.85. The molecule has 0 spiro atoms. The molecule has 1 fully saturated rings. The van der Waals surface area contributed by atoms with Crippen molar-refractivity contribution in [1.82, 2.24) is 5.32 Å². The SMILES string of the molecule is CCOc1ccccc1NC(=O)C(=O)NCC(O)C1CCCCC1. The third kappa shape index (κ3) is 5.23. The van der Waals surface area contributed by atoms with Crippen molar-refractivity contribution in [2.45, 2.75) is 45.1 Å². The molecule has 1 aliphatic carbocycles. The molecule has 1 unspecified atom stereocenters. The lowest BCUT2D eigenvalue weighted by Gasteiger charge is -2.26. The van der Waals surface area contributed by atoms with E-state index in [0.29, 0.717) is 18.0 Å². The van der Waals surface area contributed by atoms with Crippen LogP contribution in [0.25, 0.3) is 0 Å². The Morgan fingerprint density at radius 2 is 1.92 bits per heavy atom. The quantitative estimate of drug-likeness (QED) is 0.695. The second kappa shape index (κ2) is 9.27. The lowest BCUT2D eigenvalue weighted by molar-refractivity contribution is -0.136. The highest BCUT2D eigenvalue weighted by Gasteiger charge is 2.23. The maximum Gasteiger partial charge on any atom is 0.313 e. The molecule has 24 heavy (non-hydrogen) atoms. The van der Waals surface area contributed by atoms with Crippen LogP contribution in [0, 0.1) is 5.92 Å². The number of anilines is 1. The number of benzene rings is 1. The van der Waals surface area contributed by atoms with Crippen molar-refractivity contribution in [1.29, 1.82) is 0 Å². The van der Waals surface area contributed by atoms with Crippen LogP contribution in [0.1, 0.15) is 39.0 Å². The Labute approximate surface area is 142 Å². The average Bonchev–Trinajstić information content (AvgIpc) is 2.62. The minimum atomic E-state index is -0.766. The van der Waals surface area contributed by atoms with Crippen LogP contribution in [0.2, 0.25) is 0 Å². The molecule has 1 aromatic carbocycles. The highest BCUT2D eigenvalue weighted by molar-refractivity contribution is 6.39. The Morgan fingerprint density at radius 1 is 1.21 bits per heavy atom. The van der Waals surface area contributed by atoms with Gasteiger partial charge >= 0.3 is 11.8 Å². The third-order valence-electron chi connectivity index (χ3n) is 4.31. The zero-order valence-electron chi connectivity index (χ0n) is 14.1.